The van der Waals surface area contributed by atoms with Crippen LogP contribution in [0.3, 0.4) is 0 Å². The monoisotopic (exact) mass is 491 g/mol. The Labute approximate surface area is 198 Å². The zero-order valence-electron chi connectivity index (χ0n) is 17.0. The van der Waals surface area contributed by atoms with E-state index in [-0.39, 0.29) is 18.3 Å². The highest BCUT2D eigenvalue weighted by molar-refractivity contribution is 6.42. The molecule has 10 heteroatoms. The van der Waals surface area contributed by atoms with E-state index in [0.29, 0.717) is 22.3 Å². The molecule has 0 saturated heterocycles. The van der Waals surface area contributed by atoms with E-state index in [4.69, 9.17) is 23.2 Å². The first-order chi connectivity index (χ1) is 15.8. The Balaban J connectivity index is 1.47. The molecule has 0 saturated carbocycles. The van der Waals surface area contributed by atoms with Gasteiger partial charge in [0.05, 0.1) is 10.0 Å². The van der Waals surface area contributed by atoms with Gasteiger partial charge < -0.3 is 16.0 Å². The summed E-state index contributed by atoms with van der Waals surface area (Å²) in [6.07, 6.45) is -3.86. The molecule has 0 unspecified atom stereocenters. The first kappa shape index (κ1) is 22.9. The molecule has 0 bridgehead atoms. The first-order valence-corrected chi connectivity index (χ1v) is 10.7. The summed E-state index contributed by atoms with van der Waals surface area (Å²) in [4.78, 5) is 7.81. The van der Waals surface area contributed by atoms with Crippen LogP contribution in [0.15, 0.2) is 66.9 Å². The molecule has 0 radical (unpaired) electrons. The lowest BCUT2D eigenvalue weighted by atomic mass is 10.1. The van der Waals surface area contributed by atoms with Crippen molar-refractivity contribution < 1.29 is 13.2 Å². The highest BCUT2D eigenvalue weighted by atomic mass is 35.5. The molecule has 0 atom stereocenters. The summed E-state index contributed by atoms with van der Waals surface area (Å²) in [7, 11) is 0. The molecule has 0 aliphatic carbocycles. The molecule has 170 valence electrons. The van der Waals surface area contributed by atoms with Gasteiger partial charge in [0.15, 0.2) is 0 Å². The first-order valence-electron chi connectivity index (χ1n) is 9.93. The van der Waals surface area contributed by atoms with E-state index in [0.717, 1.165) is 22.7 Å². The number of nitrogens with one attached hydrogen (secondary N) is 3. The standard InChI is InChI=1S/C23H18Cl2F3N5/c24-18-9-8-15(12-19(18)25)32-22-31-13-17(23(26,27)28)21(33-22)30-11-10-29-20-7-3-5-14-4-1-2-6-16(14)20/h1-9,12-13,29H,10-11H2,(H2,30,31,32,33). The molecule has 1 heterocycles. The average Bonchev–Trinajstić information content (AvgIpc) is 2.78. The van der Waals surface area contributed by atoms with Crippen molar-refractivity contribution >= 4 is 57.1 Å². The fraction of sp³-hybridized carbons (Fsp3) is 0.130. The smallest absolute Gasteiger partial charge is 0.383 e. The van der Waals surface area contributed by atoms with Gasteiger partial charge >= 0.3 is 6.18 Å². The van der Waals surface area contributed by atoms with Gasteiger partial charge in [0, 0.05) is 36.0 Å². The van der Waals surface area contributed by atoms with Gasteiger partial charge in [0.2, 0.25) is 5.95 Å². The van der Waals surface area contributed by atoms with Crippen LogP contribution in [0.1, 0.15) is 5.56 Å². The summed E-state index contributed by atoms with van der Waals surface area (Å²) in [6.45, 7) is 0.584. The second-order valence-corrected chi connectivity index (χ2v) is 7.90. The fourth-order valence-corrected chi connectivity index (χ4v) is 3.54. The van der Waals surface area contributed by atoms with Crippen LogP contribution in [0.25, 0.3) is 10.8 Å². The van der Waals surface area contributed by atoms with Gasteiger partial charge in [-0.05, 0) is 29.7 Å². The summed E-state index contributed by atoms with van der Waals surface area (Å²) in [5, 5.41) is 11.6. The lowest BCUT2D eigenvalue weighted by molar-refractivity contribution is -0.137. The molecule has 0 amide bonds. The number of benzene rings is 3. The molecule has 3 aromatic carbocycles. The third-order valence-corrected chi connectivity index (χ3v) is 5.53. The molecule has 1 aromatic heterocycles. The molecule has 5 nitrogen and oxygen atoms in total. The number of hydrogen-bond acceptors (Lipinski definition) is 5. The van der Waals surface area contributed by atoms with Crippen LogP contribution >= 0.6 is 23.2 Å². The maximum atomic E-state index is 13.5. The van der Waals surface area contributed by atoms with Gasteiger partial charge in [-0.15, -0.1) is 0 Å². The van der Waals surface area contributed by atoms with E-state index in [1.165, 1.54) is 6.07 Å². The maximum absolute atomic E-state index is 13.5. The van der Waals surface area contributed by atoms with Crippen molar-refractivity contribution in [2.24, 2.45) is 0 Å². The van der Waals surface area contributed by atoms with Gasteiger partial charge in [-0.1, -0.05) is 59.6 Å². The summed E-state index contributed by atoms with van der Waals surface area (Å²) < 4.78 is 40.4. The number of hydrogen-bond donors (Lipinski definition) is 3. The van der Waals surface area contributed by atoms with Gasteiger partial charge in [-0.25, -0.2) is 4.98 Å². The number of fused-ring (bicyclic) bond motifs is 1. The molecule has 0 aliphatic rings. The average molecular weight is 492 g/mol. The van der Waals surface area contributed by atoms with Crippen LogP contribution in [-0.2, 0) is 6.18 Å². The third-order valence-electron chi connectivity index (χ3n) is 4.79. The van der Waals surface area contributed by atoms with Gasteiger partial charge in [-0.2, -0.15) is 18.2 Å². The SMILES string of the molecule is FC(F)(F)c1cnc(Nc2ccc(Cl)c(Cl)c2)nc1NCCNc1cccc2ccccc12. The molecular weight excluding hydrogens is 474 g/mol. The van der Waals surface area contributed by atoms with Crippen molar-refractivity contribution in [1.82, 2.24) is 9.97 Å². The second-order valence-electron chi connectivity index (χ2n) is 7.09. The van der Waals surface area contributed by atoms with E-state index in [1.807, 2.05) is 42.5 Å². The highest BCUT2D eigenvalue weighted by Gasteiger charge is 2.35. The van der Waals surface area contributed by atoms with Crippen LogP contribution < -0.4 is 16.0 Å². The quantitative estimate of drug-likeness (QED) is 0.238. The lowest BCUT2D eigenvalue weighted by Crippen LogP contribution is -2.19. The number of alkyl halides is 3. The van der Waals surface area contributed by atoms with Crippen LogP contribution in [0.5, 0.6) is 0 Å². The normalized spacial score (nSPS) is 11.4. The third kappa shape index (κ3) is 5.58. The molecule has 4 aromatic rings. The minimum Gasteiger partial charge on any atom is -0.383 e. The van der Waals surface area contributed by atoms with Crippen LogP contribution in [0.4, 0.5) is 36.3 Å². The molecule has 33 heavy (non-hydrogen) atoms. The largest absolute Gasteiger partial charge is 0.421 e. The van der Waals surface area contributed by atoms with Crippen molar-refractivity contribution in [3.05, 3.63) is 82.5 Å². The Kier molecular flexibility index (Phi) is 6.76. The van der Waals surface area contributed by atoms with Crippen molar-refractivity contribution in [1.29, 1.82) is 0 Å². The van der Waals surface area contributed by atoms with Gasteiger partial charge in [0.25, 0.3) is 0 Å². The second kappa shape index (κ2) is 9.72. The molecule has 0 fully saturated rings. The Morgan fingerprint density at radius 1 is 0.848 bits per heavy atom. The van der Waals surface area contributed by atoms with Crippen molar-refractivity contribution in [2.45, 2.75) is 6.18 Å². The number of rotatable bonds is 7. The lowest BCUT2D eigenvalue weighted by Gasteiger charge is -2.16. The fourth-order valence-electron chi connectivity index (χ4n) is 3.24. The Hall–Kier alpha value is -3.23. The summed E-state index contributed by atoms with van der Waals surface area (Å²) in [6, 6.07) is 18.4. The molecular formula is C23H18Cl2F3N5. The van der Waals surface area contributed by atoms with Crippen molar-refractivity contribution in [3.8, 4) is 0 Å². The van der Waals surface area contributed by atoms with Gasteiger partial charge in [-0.3, -0.25) is 0 Å². The number of halogens is 5. The van der Waals surface area contributed by atoms with Crippen LogP contribution in [0, 0.1) is 0 Å². The zero-order valence-corrected chi connectivity index (χ0v) is 18.6. The summed E-state index contributed by atoms with van der Waals surface area (Å²) >= 11 is 11.9. The zero-order chi connectivity index (χ0) is 23.4. The van der Waals surface area contributed by atoms with E-state index < -0.39 is 11.7 Å². The molecule has 3 N–H and O–H groups in total. The van der Waals surface area contributed by atoms with Crippen molar-refractivity contribution in [2.75, 3.05) is 29.0 Å². The van der Waals surface area contributed by atoms with Crippen LogP contribution in [0.2, 0.25) is 10.0 Å². The van der Waals surface area contributed by atoms with Crippen LogP contribution in [-0.4, -0.2) is 23.1 Å². The topological polar surface area (TPSA) is 61.9 Å². The van der Waals surface area contributed by atoms with Gasteiger partial charge in [0.1, 0.15) is 11.4 Å². The number of aromatic nitrogens is 2. The minimum atomic E-state index is -4.60. The van der Waals surface area contributed by atoms with E-state index in [1.54, 1.807) is 12.1 Å². The molecule has 4 rings (SSSR count). The summed E-state index contributed by atoms with van der Waals surface area (Å²) in [5.74, 6) is -0.328. The Bertz CT molecular complexity index is 1280. The maximum Gasteiger partial charge on any atom is 0.421 e. The van der Waals surface area contributed by atoms with E-state index in [9.17, 15) is 13.2 Å². The molecule has 0 aliphatic heterocycles. The Morgan fingerprint density at radius 3 is 2.39 bits per heavy atom. The highest BCUT2D eigenvalue weighted by Crippen LogP contribution is 2.34. The number of nitrogens with zero attached hydrogens (tertiary/aromatic N) is 2. The van der Waals surface area contributed by atoms with E-state index in [2.05, 4.69) is 25.9 Å². The molecule has 0 spiro atoms. The Morgan fingerprint density at radius 2 is 1.61 bits per heavy atom. The number of anilines is 4. The van der Waals surface area contributed by atoms with Crippen molar-refractivity contribution in [3.63, 3.8) is 0 Å². The van der Waals surface area contributed by atoms with E-state index >= 15 is 0 Å². The predicted octanol–water partition coefficient (Wildman–Crippen LogP) is 7.22. The minimum absolute atomic E-state index is 0.00842. The predicted molar refractivity (Wildman–Crippen MR) is 128 cm³/mol. The summed E-state index contributed by atoms with van der Waals surface area (Å²) in [5.41, 5.74) is 0.440.